The highest BCUT2D eigenvalue weighted by Gasteiger charge is 2.19. The van der Waals surface area contributed by atoms with Gasteiger partial charge in [0.15, 0.2) is 0 Å². The molecule has 0 aliphatic rings. The van der Waals surface area contributed by atoms with Gasteiger partial charge in [-0.3, -0.25) is 0 Å². The van der Waals surface area contributed by atoms with Gasteiger partial charge in [-0.05, 0) is 22.6 Å². The summed E-state index contributed by atoms with van der Waals surface area (Å²) in [7, 11) is 1.40. The second-order valence-corrected chi connectivity index (χ2v) is 4.14. The minimum absolute atomic E-state index is 0.00340. The highest BCUT2D eigenvalue weighted by molar-refractivity contribution is 6.39. The zero-order valence-corrected chi connectivity index (χ0v) is 10.5. The van der Waals surface area contributed by atoms with E-state index in [-0.39, 0.29) is 21.3 Å². The van der Waals surface area contributed by atoms with Gasteiger partial charge >= 0.3 is 11.7 Å². The number of aryl methyl sites for hydroxylation is 1. The number of carboxylic acids is 1. The van der Waals surface area contributed by atoms with Crippen LogP contribution in [0.1, 0.15) is 10.4 Å². The first-order chi connectivity index (χ1) is 8.43. The Kier molecular flexibility index (Phi) is 3.10. The standard InChI is InChI=1S/C9H6Cl2N4O3/c1-14-9(18)15(13-12-14)7-5(10)3-2-4(6(7)11)8(16)17/h2-3H,1H3,(H,16,17). The number of nitrogens with zero attached hydrogens (tertiary/aromatic N) is 4. The lowest BCUT2D eigenvalue weighted by molar-refractivity contribution is 0.0697. The fourth-order valence-electron chi connectivity index (χ4n) is 1.35. The molecule has 2 aromatic rings. The number of halogens is 2. The Labute approximate surface area is 110 Å². The molecule has 0 atom stereocenters. The molecule has 0 fully saturated rings. The van der Waals surface area contributed by atoms with E-state index in [9.17, 15) is 9.59 Å². The molecule has 94 valence electrons. The van der Waals surface area contributed by atoms with Crippen LogP contribution in [0.15, 0.2) is 16.9 Å². The predicted molar refractivity (Wildman–Crippen MR) is 63.6 cm³/mol. The van der Waals surface area contributed by atoms with Crippen LogP contribution in [-0.4, -0.2) is 30.9 Å². The average molecular weight is 289 g/mol. The Bertz CT molecular complexity index is 692. The van der Waals surface area contributed by atoms with Crippen LogP contribution in [0.5, 0.6) is 0 Å². The molecule has 0 amide bonds. The molecule has 0 aliphatic heterocycles. The summed E-state index contributed by atoms with van der Waals surface area (Å²) in [5.74, 6) is -1.23. The molecule has 2 rings (SSSR count). The number of aromatic carboxylic acids is 1. The van der Waals surface area contributed by atoms with Crippen LogP contribution < -0.4 is 5.69 Å². The van der Waals surface area contributed by atoms with Gasteiger partial charge in [0.2, 0.25) is 0 Å². The van der Waals surface area contributed by atoms with Crippen LogP contribution in [0.2, 0.25) is 10.0 Å². The molecule has 1 aromatic heterocycles. The molecular formula is C9H6Cl2N4O3. The third-order valence-electron chi connectivity index (χ3n) is 2.23. The molecule has 1 aromatic carbocycles. The summed E-state index contributed by atoms with van der Waals surface area (Å²) < 4.78 is 1.82. The second kappa shape index (κ2) is 4.43. The minimum Gasteiger partial charge on any atom is -0.478 e. The molecule has 18 heavy (non-hydrogen) atoms. The van der Waals surface area contributed by atoms with E-state index in [0.717, 1.165) is 9.36 Å². The summed E-state index contributed by atoms with van der Waals surface area (Å²) in [6.07, 6.45) is 0. The molecule has 0 aliphatic carbocycles. The second-order valence-electron chi connectivity index (χ2n) is 3.36. The number of tetrazole rings is 1. The maximum atomic E-state index is 11.7. The molecule has 9 heteroatoms. The monoisotopic (exact) mass is 288 g/mol. The van der Waals surface area contributed by atoms with Gasteiger partial charge in [0, 0.05) is 7.05 Å². The van der Waals surface area contributed by atoms with Crippen LogP contribution in [0, 0.1) is 0 Å². The van der Waals surface area contributed by atoms with Crippen molar-refractivity contribution in [3.63, 3.8) is 0 Å². The van der Waals surface area contributed by atoms with E-state index in [1.54, 1.807) is 0 Å². The van der Waals surface area contributed by atoms with E-state index < -0.39 is 11.7 Å². The molecule has 0 saturated carbocycles. The van der Waals surface area contributed by atoms with Gasteiger partial charge in [-0.25, -0.2) is 9.59 Å². The molecule has 0 bridgehead atoms. The molecular weight excluding hydrogens is 283 g/mol. The SMILES string of the molecule is Cn1nnn(-c2c(Cl)ccc(C(=O)O)c2Cl)c1=O. The number of hydrogen-bond acceptors (Lipinski definition) is 4. The van der Waals surface area contributed by atoms with Gasteiger partial charge in [0.25, 0.3) is 0 Å². The largest absolute Gasteiger partial charge is 0.478 e. The number of hydrogen-bond donors (Lipinski definition) is 1. The molecule has 1 N–H and O–H groups in total. The third kappa shape index (κ3) is 1.87. The first-order valence-corrected chi connectivity index (χ1v) is 5.39. The van der Waals surface area contributed by atoms with Gasteiger partial charge in [-0.15, -0.1) is 0 Å². The van der Waals surface area contributed by atoms with E-state index >= 15 is 0 Å². The fraction of sp³-hybridized carbons (Fsp3) is 0.111. The molecule has 0 spiro atoms. The van der Waals surface area contributed by atoms with Crippen LogP contribution in [-0.2, 0) is 7.05 Å². The predicted octanol–water partition coefficient (Wildman–Crippen LogP) is 0.971. The van der Waals surface area contributed by atoms with E-state index in [1.165, 1.54) is 19.2 Å². The minimum atomic E-state index is -1.23. The molecule has 7 nitrogen and oxygen atoms in total. The van der Waals surface area contributed by atoms with Crippen molar-refractivity contribution in [2.45, 2.75) is 0 Å². The van der Waals surface area contributed by atoms with Crippen LogP contribution in [0.25, 0.3) is 5.69 Å². The van der Waals surface area contributed by atoms with E-state index in [2.05, 4.69) is 10.4 Å². The van der Waals surface area contributed by atoms with Gasteiger partial charge < -0.3 is 5.11 Å². The maximum absolute atomic E-state index is 11.7. The number of carboxylic acid groups (broad SMARTS) is 1. The smallest absolute Gasteiger partial charge is 0.368 e. The van der Waals surface area contributed by atoms with Crippen molar-refractivity contribution in [3.05, 3.63) is 38.2 Å². The van der Waals surface area contributed by atoms with E-state index in [4.69, 9.17) is 28.3 Å². The lowest BCUT2D eigenvalue weighted by Crippen LogP contribution is -2.22. The summed E-state index contributed by atoms with van der Waals surface area (Å²) >= 11 is 11.8. The van der Waals surface area contributed by atoms with E-state index in [0.29, 0.717) is 0 Å². The summed E-state index contributed by atoms with van der Waals surface area (Å²) in [5.41, 5.74) is -0.758. The molecule has 0 saturated heterocycles. The first-order valence-electron chi connectivity index (χ1n) is 4.64. The summed E-state index contributed by atoms with van der Waals surface area (Å²) in [6, 6.07) is 2.57. The summed E-state index contributed by atoms with van der Waals surface area (Å²) in [6.45, 7) is 0. The van der Waals surface area contributed by atoms with Crippen molar-refractivity contribution in [2.24, 2.45) is 7.05 Å². The van der Waals surface area contributed by atoms with Gasteiger partial charge in [-0.1, -0.05) is 23.2 Å². The number of carbonyl (C=O) groups is 1. The molecule has 0 radical (unpaired) electrons. The van der Waals surface area contributed by atoms with Crippen molar-refractivity contribution in [1.29, 1.82) is 0 Å². The number of rotatable bonds is 2. The molecule has 1 heterocycles. The summed E-state index contributed by atoms with van der Waals surface area (Å²) in [4.78, 5) is 22.6. The fourth-order valence-corrected chi connectivity index (χ4v) is 1.97. The van der Waals surface area contributed by atoms with Crippen molar-refractivity contribution in [2.75, 3.05) is 0 Å². The highest BCUT2D eigenvalue weighted by Crippen LogP contribution is 2.30. The van der Waals surface area contributed by atoms with E-state index in [1.807, 2.05) is 0 Å². The van der Waals surface area contributed by atoms with Crippen molar-refractivity contribution < 1.29 is 9.90 Å². The van der Waals surface area contributed by atoms with Crippen LogP contribution >= 0.6 is 23.2 Å². The Hall–Kier alpha value is -1.86. The molecule has 0 unspecified atom stereocenters. The number of benzene rings is 1. The quantitative estimate of drug-likeness (QED) is 0.889. The Morgan fingerprint density at radius 1 is 1.33 bits per heavy atom. The normalized spacial score (nSPS) is 10.6. The van der Waals surface area contributed by atoms with Crippen molar-refractivity contribution in [1.82, 2.24) is 19.8 Å². The summed E-state index contributed by atoms with van der Waals surface area (Å²) in [5, 5.41) is 15.9. The number of aromatic nitrogens is 4. The topological polar surface area (TPSA) is 90.0 Å². The Morgan fingerprint density at radius 2 is 2.00 bits per heavy atom. The van der Waals surface area contributed by atoms with Gasteiger partial charge in [-0.2, -0.15) is 9.36 Å². The maximum Gasteiger partial charge on any atom is 0.368 e. The average Bonchev–Trinajstić information content (AvgIpc) is 2.61. The zero-order valence-electron chi connectivity index (χ0n) is 8.96. The van der Waals surface area contributed by atoms with Crippen molar-refractivity contribution >= 4 is 29.2 Å². The van der Waals surface area contributed by atoms with Gasteiger partial charge in [0.1, 0.15) is 5.69 Å². The third-order valence-corrected chi connectivity index (χ3v) is 2.92. The highest BCUT2D eigenvalue weighted by atomic mass is 35.5. The van der Waals surface area contributed by atoms with Gasteiger partial charge in [0.05, 0.1) is 15.6 Å². The lowest BCUT2D eigenvalue weighted by atomic mass is 10.2. The first kappa shape index (κ1) is 12.6. The van der Waals surface area contributed by atoms with Crippen LogP contribution in [0.3, 0.4) is 0 Å². The van der Waals surface area contributed by atoms with Crippen molar-refractivity contribution in [3.8, 4) is 5.69 Å². The lowest BCUT2D eigenvalue weighted by Gasteiger charge is -2.07. The van der Waals surface area contributed by atoms with Crippen LogP contribution in [0.4, 0.5) is 0 Å². The zero-order chi connectivity index (χ0) is 13.4. The Morgan fingerprint density at radius 3 is 2.50 bits per heavy atom. The Balaban J connectivity index is 2.79.